The molecule has 0 saturated heterocycles. The van der Waals surface area contributed by atoms with Crippen molar-refractivity contribution in [2.75, 3.05) is 10.0 Å². The summed E-state index contributed by atoms with van der Waals surface area (Å²) >= 11 is 11.8. The van der Waals surface area contributed by atoms with Crippen molar-refractivity contribution < 1.29 is 13.2 Å². The Bertz CT molecular complexity index is 1110. The second kappa shape index (κ2) is 8.22. The summed E-state index contributed by atoms with van der Waals surface area (Å²) in [6, 6.07) is 17.4. The molecule has 0 aliphatic carbocycles. The van der Waals surface area contributed by atoms with Crippen molar-refractivity contribution in [2.45, 2.75) is 11.8 Å². The van der Waals surface area contributed by atoms with Crippen molar-refractivity contribution in [3.63, 3.8) is 0 Å². The first-order valence-corrected chi connectivity index (χ1v) is 10.4. The monoisotopic (exact) mass is 434 g/mol. The van der Waals surface area contributed by atoms with Gasteiger partial charge in [-0.15, -0.1) is 0 Å². The Labute approximate surface area is 173 Å². The third-order valence-corrected chi connectivity index (χ3v) is 6.04. The van der Waals surface area contributed by atoms with Crippen molar-refractivity contribution in [2.24, 2.45) is 0 Å². The van der Waals surface area contributed by atoms with Crippen LogP contribution in [-0.2, 0) is 10.0 Å². The number of halogens is 2. The Morgan fingerprint density at radius 3 is 2.04 bits per heavy atom. The van der Waals surface area contributed by atoms with Gasteiger partial charge in [-0.2, -0.15) is 0 Å². The van der Waals surface area contributed by atoms with Crippen molar-refractivity contribution in [1.29, 1.82) is 0 Å². The summed E-state index contributed by atoms with van der Waals surface area (Å²) < 4.78 is 27.3. The van der Waals surface area contributed by atoms with Gasteiger partial charge in [0.05, 0.1) is 14.9 Å². The van der Waals surface area contributed by atoms with Crippen LogP contribution in [0.15, 0.2) is 71.6 Å². The zero-order valence-corrected chi connectivity index (χ0v) is 17.1. The van der Waals surface area contributed by atoms with Crippen molar-refractivity contribution >= 4 is 50.5 Å². The summed E-state index contributed by atoms with van der Waals surface area (Å²) in [5.41, 5.74) is 2.19. The predicted octanol–water partition coefficient (Wildman–Crippen LogP) is 5.35. The topological polar surface area (TPSA) is 75.3 Å². The van der Waals surface area contributed by atoms with Gasteiger partial charge in [0.25, 0.3) is 15.9 Å². The van der Waals surface area contributed by atoms with Gasteiger partial charge in [-0.25, -0.2) is 8.42 Å². The molecule has 0 bridgehead atoms. The number of sulfonamides is 1. The van der Waals surface area contributed by atoms with Crippen LogP contribution in [0, 0.1) is 6.92 Å². The van der Waals surface area contributed by atoms with E-state index in [0.717, 1.165) is 5.56 Å². The number of anilines is 2. The highest BCUT2D eigenvalue weighted by atomic mass is 35.5. The quantitative estimate of drug-likeness (QED) is 0.567. The van der Waals surface area contributed by atoms with E-state index < -0.39 is 10.0 Å². The summed E-state index contributed by atoms with van der Waals surface area (Å²) in [7, 11) is -3.70. The molecule has 3 aromatic rings. The van der Waals surface area contributed by atoms with Crippen molar-refractivity contribution in [3.8, 4) is 0 Å². The number of hydrogen-bond acceptors (Lipinski definition) is 3. The summed E-state index contributed by atoms with van der Waals surface area (Å²) in [5.74, 6) is -0.355. The second-order valence-corrected chi connectivity index (χ2v) is 8.58. The lowest BCUT2D eigenvalue weighted by molar-refractivity contribution is 0.102. The van der Waals surface area contributed by atoms with E-state index in [9.17, 15) is 13.2 Å². The van der Waals surface area contributed by atoms with Crippen LogP contribution in [0.3, 0.4) is 0 Å². The summed E-state index contributed by atoms with van der Waals surface area (Å²) in [4.78, 5) is 12.5. The lowest BCUT2D eigenvalue weighted by atomic mass is 10.2. The minimum absolute atomic E-state index is 0.166. The molecular weight excluding hydrogens is 419 g/mol. The lowest BCUT2D eigenvalue weighted by Gasteiger charge is -2.10. The molecule has 0 radical (unpaired) electrons. The Morgan fingerprint density at radius 2 is 1.43 bits per heavy atom. The van der Waals surface area contributed by atoms with E-state index in [2.05, 4.69) is 10.0 Å². The van der Waals surface area contributed by atoms with E-state index in [1.165, 1.54) is 36.4 Å². The third-order valence-electron chi connectivity index (χ3n) is 3.91. The number of hydrogen-bond donors (Lipinski definition) is 2. The summed E-state index contributed by atoms with van der Waals surface area (Å²) in [5, 5.41) is 3.43. The molecule has 1 amide bonds. The molecular formula is C20H16Cl2N2O3S. The summed E-state index contributed by atoms with van der Waals surface area (Å²) in [6.07, 6.45) is 0. The fourth-order valence-corrected chi connectivity index (χ4v) is 3.76. The van der Waals surface area contributed by atoms with E-state index >= 15 is 0 Å². The van der Waals surface area contributed by atoms with Crippen molar-refractivity contribution in [1.82, 2.24) is 0 Å². The van der Waals surface area contributed by atoms with Gasteiger partial charge in [0.2, 0.25) is 0 Å². The smallest absolute Gasteiger partial charge is 0.261 e. The van der Waals surface area contributed by atoms with E-state index in [0.29, 0.717) is 27.0 Å². The molecule has 28 heavy (non-hydrogen) atoms. The molecule has 3 rings (SSSR count). The van der Waals surface area contributed by atoms with Gasteiger partial charge in [-0.05, 0) is 61.5 Å². The molecule has 0 aromatic heterocycles. The molecule has 0 atom stereocenters. The van der Waals surface area contributed by atoms with Crippen LogP contribution in [0.1, 0.15) is 15.9 Å². The molecule has 0 aliphatic heterocycles. The van der Waals surface area contributed by atoms with Crippen LogP contribution < -0.4 is 10.0 Å². The Balaban J connectivity index is 1.71. The van der Waals surface area contributed by atoms with Gasteiger partial charge in [-0.1, -0.05) is 40.9 Å². The normalized spacial score (nSPS) is 11.1. The van der Waals surface area contributed by atoms with Crippen LogP contribution in [0.25, 0.3) is 0 Å². The average molecular weight is 435 g/mol. The maximum atomic E-state index is 12.4. The fourth-order valence-electron chi connectivity index (χ4n) is 2.40. The minimum Gasteiger partial charge on any atom is -0.322 e. The zero-order chi connectivity index (χ0) is 20.3. The predicted molar refractivity (Wildman–Crippen MR) is 113 cm³/mol. The van der Waals surface area contributed by atoms with E-state index in [4.69, 9.17) is 23.2 Å². The molecule has 0 unspecified atom stereocenters. The first kappa shape index (κ1) is 20.2. The molecule has 3 aromatic carbocycles. The molecule has 0 aliphatic rings. The highest BCUT2D eigenvalue weighted by molar-refractivity contribution is 7.92. The molecule has 2 N–H and O–H groups in total. The number of nitrogens with one attached hydrogen (secondary N) is 2. The molecule has 0 fully saturated rings. The molecule has 0 heterocycles. The number of rotatable bonds is 5. The third kappa shape index (κ3) is 4.84. The first-order chi connectivity index (χ1) is 13.2. The van der Waals surface area contributed by atoms with Crippen LogP contribution in [0.2, 0.25) is 10.0 Å². The number of benzene rings is 3. The average Bonchev–Trinajstić information content (AvgIpc) is 2.65. The molecule has 5 nitrogen and oxygen atoms in total. The maximum Gasteiger partial charge on any atom is 0.261 e. The first-order valence-electron chi connectivity index (χ1n) is 8.20. The number of aryl methyl sites for hydroxylation is 1. The van der Waals surface area contributed by atoms with Gasteiger partial charge in [0, 0.05) is 16.9 Å². The molecule has 8 heteroatoms. The van der Waals surface area contributed by atoms with E-state index in [-0.39, 0.29) is 10.8 Å². The van der Waals surface area contributed by atoms with Gasteiger partial charge in [0.1, 0.15) is 0 Å². The number of carbonyl (C=O) groups is 1. The minimum atomic E-state index is -3.70. The highest BCUT2D eigenvalue weighted by Crippen LogP contribution is 2.25. The second-order valence-electron chi connectivity index (χ2n) is 6.08. The number of carbonyl (C=O) groups excluding carboxylic acids is 1. The SMILES string of the molecule is Cc1ccc(S(=O)(=O)Nc2ccc(C(=O)Nc3ccc(Cl)c(Cl)c3)cc2)cc1. The number of amides is 1. The molecule has 144 valence electrons. The molecule has 0 saturated carbocycles. The van der Waals surface area contributed by atoms with Crippen LogP contribution >= 0.6 is 23.2 Å². The van der Waals surface area contributed by atoms with Gasteiger partial charge < -0.3 is 5.32 Å². The van der Waals surface area contributed by atoms with Crippen molar-refractivity contribution in [3.05, 3.63) is 87.9 Å². The Morgan fingerprint density at radius 1 is 0.821 bits per heavy atom. The Hall–Kier alpha value is -2.54. The fraction of sp³-hybridized carbons (Fsp3) is 0.0500. The van der Waals surface area contributed by atoms with Crippen LogP contribution in [0.5, 0.6) is 0 Å². The molecule has 0 spiro atoms. The van der Waals surface area contributed by atoms with Gasteiger partial charge in [0.15, 0.2) is 0 Å². The van der Waals surface area contributed by atoms with E-state index in [1.807, 2.05) is 6.92 Å². The summed E-state index contributed by atoms with van der Waals surface area (Å²) in [6.45, 7) is 1.88. The highest BCUT2D eigenvalue weighted by Gasteiger charge is 2.14. The zero-order valence-electron chi connectivity index (χ0n) is 14.7. The Kier molecular flexibility index (Phi) is 5.93. The van der Waals surface area contributed by atoms with Gasteiger partial charge >= 0.3 is 0 Å². The van der Waals surface area contributed by atoms with E-state index in [1.54, 1.807) is 30.3 Å². The van der Waals surface area contributed by atoms with Crippen LogP contribution in [0.4, 0.5) is 11.4 Å². The van der Waals surface area contributed by atoms with Gasteiger partial charge in [-0.3, -0.25) is 9.52 Å². The largest absolute Gasteiger partial charge is 0.322 e. The van der Waals surface area contributed by atoms with Crippen LogP contribution in [-0.4, -0.2) is 14.3 Å². The lowest BCUT2D eigenvalue weighted by Crippen LogP contribution is -2.14. The standard InChI is InChI=1S/C20H16Cl2N2O3S/c1-13-2-9-17(10-3-13)28(26,27)24-15-6-4-14(5-7-15)20(25)23-16-8-11-18(21)19(22)12-16/h2-12,24H,1H3,(H,23,25). The maximum absolute atomic E-state index is 12.4.